The zero-order valence-corrected chi connectivity index (χ0v) is 10.1. The van der Waals surface area contributed by atoms with Gasteiger partial charge in [-0.2, -0.15) is 0 Å². The topological polar surface area (TPSA) is 0 Å². The zero-order valence-electron chi connectivity index (χ0n) is 10.1. The maximum atomic E-state index is 3.81. The van der Waals surface area contributed by atoms with Crippen molar-refractivity contribution in [2.24, 2.45) is 10.8 Å². The van der Waals surface area contributed by atoms with Crippen molar-refractivity contribution in [2.75, 3.05) is 0 Å². The van der Waals surface area contributed by atoms with Gasteiger partial charge in [0.2, 0.25) is 0 Å². The monoisotopic (exact) mass is 182 g/mol. The lowest BCUT2D eigenvalue weighted by atomic mass is 9.76. The highest BCUT2D eigenvalue weighted by Crippen LogP contribution is 2.34. The summed E-state index contributed by atoms with van der Waals surface area (Å²) in [6, 6.07) is 0. The van der Waals surface area contributed by atoms with Gasteiger partial charge in [-0.3, -0.25) is 0 Å². The van der Waals surface area contributed by atoms with Gasteiger partial charge in [-0.1, -0.05) is 47.1 Å². The van der Waals surface area contributed by atoms with Crippen LogP contribution in [-0.2, 0) is 0 Å². The Morgan fingerprint density at radius 1 is 1.00 bits per heavy atom. The molecule has 0 heterocycles. The van der Waals surface area contributed by atoms with Crippen LogP contribution in [0.4, 0.5) is 0 Å². The molecule has 0 aromatic carbocycles. The van der Waals surface area contributed by atoms with E-state index in [4.69, 9.17) is 0 Å². The lowest BCUT2D eigenvalue weighted by Crippen LogP contribution is -2.17. The maximum absolute atomic E-state index is 3.81. The van der Waals surface area contributed by atoms with Crippen LogP contribution in [0.3, 0.4) is 0 Å². The van der Waals surface area contributed by atoms with E-state index in [-0.39, 0.29) is 0 Å². The van der Waals surface area contributed by atoms with E-state index < -0.39 is 0 Å². The Hall–Kier alpha value is -0.260. The van der Waals surface area contributed by atoms with Crippen LogP contribution in [0.2, 0.25) is 0 Å². The average molecular weight is 182 g/mol. The molecule has 0 fully saturated rings. The van der Waals surface area contributed by atoms with Crippen LogP contribution in [0, 0.1) is 10.8 Å². The van der Waals surface area contributed by atoms with Gasteiger partial charge >= 0.3 is 0 Å². The SMILES string of the molecule is C=CCC(C)(C)CCC(C)(C)CC. The van der Waals surface area contributed by atoms with Crippen LogP contribution in [-0.4, -0.2) is 0 Å². The molecule has 0 aromatic heterocycles. The third-order valence-corrected chi connectivity index (χ3v) is 3.13. The van der Waals surface area contributed by atoms with E-state index in [2.05, 4.69) is 41.2 Å². The molecule has 0 atom stereocenters. The Bertz CT molecular complexity index is 151. The Labute approximate surface area is 84.4 Å². The largest absolute Gasteiger partial charge is 0.103 e. The molecule has 0 N–H and O–H groups in total. The minimum absolute atomic E-state index is 0.439. The fraction of sp³-hybridized carbons (Fsp3) is 0.846. The van der Waals surface area contributed by atoms with Gasteiger partial charge in [0.25, 0.3) is 0 Å². The molecule has 0 amide bonds. The van der Waals surface area contributed by atoms with Gasteiger partial charge in [0.15, 0.2) is 0 Å². The summed E-state index contributed by atoms with van der Waals surface area (Å²) in [5.41, 5.74) is 0.951. The van der Waals surface area contributed by atoms with Gasteiger partial charge in [-0.15, -0.1) is 6.58 Å². The van der Waals surface area contributed by atoms with Gasteiger partial charge < -0.3 is 0 Å². The van der Waals surface area contributed by atoms with Crippen LogP contribution in [0.5, 0.6) is 0 Å². The molecule has 0 aliphatic carbocycles. The molecule has 13 heavy (non-hydrogen) atoms. The summed E-state index contributed by atoms with van der Waals surface area (Å²) in [4.78, 5) is 0. The van der Waals surface area contributed by atoms with Crippen molar-refractivity contribution >= 4 is 0 Å². The van der Waals surface area contributed by atoms with Gasteiger partial charge in [0, 0.05) is 0 Å². The third kappa shape index (κ3) is 5.90. The molecule has 0 aliphatic rings. The zero-order chi connectivity index (χ0) is 10.5. The third-order valence-electron chi connectivity index (χ3n) is 3.13. The van der Waals surface area contributed by atoms with E-state index in [1.165, 1.54) is 19.3 Å². The fourth-order valence-electron chi connectivity index (χ4n) is 1.35. The smallest absolute Gasteiger partial charge is 0.0302 e. The first kappa shape index (κ1) is 12.7. The molecular weight excluding hydrogens is 156 g/mol. The fourth-order valence-corrected chi connectivity index (χ4v) is 1.35. The van der Waals surface area contributed by atoms with Crippen molar-refractivity contribution in [3.63, 3.8) is 0 Å². The molecule has 0 aromatic rings. The van der Waals surface area contributed by atoms with Crippen molar-refractivity contribution in [1.82, 2.24) is 0 Å². The van der Waals surface area contributed by atoms with E-state index in [0.717, 1.165) is 6.42 Å². The second-order valence-electron chi connectivity index (χ2n) is 5.67. The van der Waals surface area contributed by atoms with Crippen molar-refractivity contribution in [2.45, 2.75) is 60.3 Å². The van der Waals surface area contributed by atoms with Gasteiger partial charge in [0.1, 0.15) is 0 Å². The normalized spacial score (nSPS) is 13.0. The summed E-state index contributed by atoms with van der Waals surface area (Å²) in [6.07, 6.45) is 7.08. The average Bonchev–Trinajstić information content (AvgIpc) is 2.02. The van der Waals surface area contributed by atoms with Crippen LogP contribution >= 0.6 is 0 Å². The summed E-state index contributed by atoms with van der Waals surface area (Å²) in [7, 11) is 0. The minimum atomic E-state index is 0.439. The number of allylic oxidation sites excluding steroid dienone is 1. The number of hydrogen-bond acceptors (Lipinski definition) is 0. The standard InChI is InChI=1S/C13H26/c1-7-9-13(5,6)11-10-12(3,4)8-2/h7H,1,8-11H2,2-6H3. The summed E-state index contributed by atoms with van der Waals surface area (Å²) < 4.78 is 0. The predicted molar refractivity (Wildman–Crippen MR) is 61.9 cm³/mol. The molecule has 0 bridgehead atoms. The number of rotatable bonds is 6. The van der Waals surface area contributed by atoms with Gasteiger partial charge in [0.05, 0.1) is 0 Å². The summed E-state index contributed by atoms with van der Waals surface area (Å²) in [5, 5.41) is 0. The lowest BCUT2D eigenvalue weighted by molar-refractivity contribution is 0.235. The van der Waals surface area contributed by atoms with Crippen LogP contribution in [0.25, 0.3) is 0 Å². The Balaban J connectivity index is 3.93. The molecule has 0 rings (SSSR count). The highest BCUT2D eigenvalue weighted by molar-refractivity contribution is 4.81. The molecule has 0 nitrogen and oxygen atoms in total. The molecule has 0 heteroatoms. The number of hydrogen-bond donors (Lipinski definition) is 0. The maximum Gasteiger partial charge on any atom is -0.0302 e. The minimum Gasteiger partial charge on any atom is -0.103 e. The van der Waals surface area contributed by atoms with E-state index in [9.17, 15) is 0 Å². The van der Waals surface area contributed by atoms with Crippen molar-refractivity contribution < 1.29 is 0 Å². The highest BCUT2D eigenvalue weighted by atomic mass is 14.3. The van der Waals surface area contributed by atoms with Crippen molar-refractivity contribution in [1.29, 1.82) is 0 Å². The van der Waals surface area contributed by atoms with Crippen molar-refractivity contribution in [3.05, 3.63) is 12.7 Å². The first-order valence-electron chi connectivity index (χ1n) is 5.44. The summed E-state index contributed by atoms with van der Waals surface area (Å²) >= 11 is 0. The van der Waals surface area contributed by atoms with Crippen LogP contribution in [0.1, 0.15) is 60.3 Å². The predicted octanol–water partition coefficient (Wildman–Crippen LogP) is 4.81. The van der Waals surface area contributed by atoms with Gasteiger partial charge in [-0.05, 0) is 30.1 Å². The second-order valence-corrected chi connectivity index (χ2v) is 5.67. The first-order chi connectivity index (χ1) is 5.83. The molecule has 0 spiro atoms. The molecule has 0 aliphatic heterocycles. The Morgan fingerprint density at radius 2 is 1.46 bits per heavy atom. The van der Waals surface area contributed by atoms with E-state index in [0.29, 0.717) is 10.8 Å². The molecular formula is C13H26. The van der Waals surface area contributed by atoms with E-state index >= 15 is 0 Å². The molecule has 0 radical (unpaired) electrons. The highest BCUT2D eigenvalue weighted by Gasteiger charge is 2.21. The van der Waals surface area contributed by atoms with E-state index in [1.54, 1.807) is 0 Å². The summed E-state index contributed by atoms with van der Waals surface area (Å²) in [6.45, 7) is 15.5. The molecule has 0 saturated carbocycles. The molecule has 0 saturated heterocycles. The van der Waals surface area contributed by atoms with Crippen LogP contribution < -0.4 is 0 Å². The van der Waals surface area contributed by atoms with Gasteiger partial charge in [-0.25, -0.2) is 0 Å². The molecule has 78 valence electrons. The Morgan fingerprint density at radius 3 is 1.85 bits per heavy atom. The van der Waals surface area contributed by atoms with Crippen molar-refractivity contribution in [3.8, 4) is 0 Å². The Kier molecular flexibility index (Phi) is 4.74. The quantitative estimate of drug-likeness (QED) is 0.517. The summed E-state index contributed by atoms with van der Waals surface area (Å²) in [5.74, 6) is 0. The first-order valence-corrected chi connectivity index (χ1v) is 5.44. The van der Waals surface area contributed by atoms with E-state index in [1.807, 2.05) is 6.08 Å². The molecule has 0 unspecified atom stereocenters. The lowest BCUT2D eigenvalue weighted by Gasteiger charge is -2.29. The van der Waals surface area contributed by atoms with Crippen LogP contribution in [0.15, 0.2) is 12.7 Å². The second kappa shape index (κ2) is 4.83.